The van der Waals surface area contributed by atoms with E-state index in [1.165, 1.54) is 0 Å². The van der Waals surface area contributed by atoms with Crippen LogP contribution in [-0.2, 0) is 11.3 Å². The van der Waals surface area contributed by atoms with Gasteiger partial charge in [-0.25, -0.2) is 0 Å². The van der Waals surface area contributed by atoms with Crippen LogP contribution in [0.4, 0.5) is 0 Å². The Morgan fingerprint density at radius 2 is 1.61 bits per heavy atom. The highest BCUT2D eigenvalue weighted by Gasteiger charge is 2.14. The summed E-state index contributed by atoms with van der Waals surface area (Å²) in [4.78, 5) is 38.2. The molecule has 0 saturated heterocycles. The second-order valence-electron chi connectivity index (χ2n) is 6.52. The Labute approximate surface area is 165 Å². The Balaban J connectivity index is 1.76. The zero-order valence-electron chi connectivity index (χ0n) is 16.6. The second kappa shape index (κ2) is 10.4. The first-order chi connectivity index (χ1) is 13.4. The second-order valence-corrected chi connectivity index (χ2v) is 6.52. The van der Waals surface area contributed by atoms with Gasteiger partial charge in [0, 0.05) is 18.4 Å². The summed E-state index contributed by atoms with van der Waals surface area (Å²) in [7, 11) is 0. The molecule has 7 nitrogen and oxygen atoms in total. The first kappa shape index (κ1) is 21.4. The van der Waals surface area contributed by atoms with E-state index in [1.54, 1.807) is 24.3 Å². The number of hydrogen-bond donors (Lipinski definition) is 2. The van der Waals surface area contributed by atoms with Gasteiger partial charge >= 0.3 is 5.91 Å². The van der Waals surface area contributed by atoms with Gasteiger partial charge in [0.1, 0.15) is 5.76 Å². The van der Waals surface area contributed by atoms with Crippen molar-refractivity contribution in [1.29, 1.82) is 0 Å². The lowest BCUT2D eigenvalue weighted by Crippen LogP contribution is -2.41. The summed E-state index contributed by atoms with van der Waals surface area (Å²) >= 11 is 0. The summed E-state index contributed by atoms with van der Waals surface area (Å²) in [6.07, 6.45) is 0.0535. The Morgan fingerprint density at radius 1 is 0.929 bits per heavy atom. The molecule has 0 spiro atoms. The molecule has 2 rings (SSSR count). The largest absolute Gasteiger partial charge is 0.454 e. The molecule has 0 bridgehead atoms. The maximum atomic E-state index is 12.1. The van der Waals surface area contributed by atoms with Crippen molar-refractivity contribution in [2.24, 2.45) is 0 Å². The van der Waals surface area contributed by atoms with E-state index >= 15 is 0 Å². The van der Waals surface area contributed by atoms with Crippen molar-refractivity contribution >= 4 is 17.6 Å². The molecule has 1 aromatic heterocycles. The Morgan fingerprint density at radius 3 is 2.25 bits per heavy atom. The third-order valence-electron chi connectivity index (χ3n) is 4.43. The van der Waals surface area contributed by atoms with E-state index < -0.39 is 11.8 Å². The molecule has 0 aliphatic heterocycles. The molecular weight excluding hydrogens is 358 g/mol. The van der Waals surface area contributed by atoms with Crippen molar-refractivity contribution in [3.8, 4) is 0 Å². The smallest absolute Gasteiger partial charge is 0.305 e. The monoisotopic (exact) mass is 385 g/mol. The summed E-state index contributed by atoms with van der Waals surface area (Å²) in [6.45, 7) is 8.44. The summed E-state index contributed by atoms with van der Waals surface area (Å²) in [6, 6.07) is 10.5. The Kier molecular flexibility index (Phi) is 7.95. The number of hydrogen-bond acceptors (Lipinski definition) is 5. The third-order valence-corrected chi connectivity index (χ3v) is 4.43. The van der Waals surface area contributed by atoms with Crippen molar-refractivity contribution in [2.75, 3.05) is 13.1 Å². The number of carbonyl (C=O) groups excluding carboxylic acids is 3. The zero-order valence-corrected chi connectivity index (χ0v) is 16.6. The number of rotatable bonds is 9. The molecular formula is C21H27N3O4. The fourth-order valence-electron chi connectivity index (χ4n) is 2.61. The predicted octanol–water partition coefficient (Wildman–Crippen LogP) is 2.85. The number of nitrogens with zero attached hydrogens (tertiary/aromatic N) is 1. The Bertz CT molecular complexity index is 807. The number of aryl methyl sites for hydroxylation is 1. The van der Waals surface area contributed by atoms with Crippen LogP contribution in [0, 0.1) is 6.92 Å². The van der Waals surface area contributed by atoms with E-state index in [9.17, 15) is 14.4 Å². The molecule has 0 fully saturated rings. The van der Waals surface area contributed by atoms with Gasteiger partial charge in [-0.1, -0.05) is 43.7 Å². The van der Waals surface area contributed by atoms with Gasteiger partial charge in [0.05, 0.1) is 6.54 Å². The summed E-state index contributed by atoms with van der Waals surface area (Å²) in [5.41, 5.74) is 6.25. The van der Waals surface area contributed by atoms with Crippen LogP contribution in [-0.4, -0.2) is 35.6 Å². The van der Waals surface area contributed by atoms with Crippen LogP contribution in [0.3, 0.4) is 0 Å². The fourth-order valence-corrected chi connectivity index (χ4v) is 2.61. The SMILES string of the molecule is CCN(CC)Cc1ccc(C(=O)NNC(=O)CCC(=O)c2ccc(C)cc2)o1. The Hall–Kier alpha value is -2.93. The maximum absolute atomic E-state index is 12.1. The highest BCUT2D eigenvalue weighted by Crippen LogP contribution is 2.11. The zero-order chi connectivity index (χ0) is 20.5. The molecule has 7 heteroatoms. The van der Waals surface area contributed by atoms with Crippen molar-refractivity contribution in [1.82, 2.24) is 15.8 Å². The summed E-state index contributed by atoms with van der Waals surface area (Å²) in [5.74, 6) is -0.289. The van der Waals surface area contributed by atoms with Gasteiger partial charge in [-0.15, -0.1) is 0 Å². The van der Waals surface area contributed by atoms with Crippen LogP contribution in [0.2, 0.25) is 0 Å². The van der Waals surface area contributed by atoms with E-state index in [4.69, 9.17) is 4.42 Å². The molecule has 2 amide bonds. The van der Waals surface area contributed by atoms with Crippen molar-refractivity contribution < 1.29 is 18.8 Å². The van der Waals surface area contributed by atoms with Crippen LogP contribution >= 0.6 is 0 Å². The fraction of sp³-hybridized carbons (Fsp3) is 0.381. The number of furan rings is 1. The van der Waals surface area contributed by atoms with Crippen LogP contribution in [0.25, 0.3) is 0 Å². The number of Topliss-reactive ketones (excluding diaryl/α,β-unsaturated/α-hetero) is 1. The number of nitrogens with one attached hydrogen (secondary N) is 2. The topological polar surface area (TPSA) is 91.7 Å². The van der Waals surface area contributed by atoms with Gasteiger partial charge in [-0.2, -0.15) is 0 Å². The van der Waals surface area contributed by atoms with Crippen LogP contribution in [0.1, 0.15) is 58.9 Å². The maximum Gasteiger partial charge on any atom is 0.305 e. The third kappa shape index (κ3) is 6.35. The minimum Gasteiger partial charge on any atom is -0.454 e. The predicted molar refractivity (Wildman–Crippen MR) is 106 cm³/mol. The summed E-state index contributed by atoms with van der Waals surface area (Å²) < 4.78 is 5.52. The minimum absolute atomic E-state index is 0.0155. The van der Waals surface area contributed by atoms with E-state index in [1.807, 2.05) is 19.1 Å². The highest BCUT2D eigenvalue weighted by atomic mass is 16.4. The molecule has 0 saturated carbocycles. The molecule has 2 N–H and O–H groups in total. The lowest BCUT2D eigenvalue weighted by molar-refractivity contribution is -0.121. The quantitative estimate of drug-likeness (QED) is 0.512. The molecule has 0 unspecified atom stereocenters. The lowest BCUT2D eigenvalue weighted by Gasteiger charge is -2.15. The van der Waals surface area contributed by atoms with Gasteiger partial charge in [-0.05, 0) is 32.1 Å². The molecule has 0 aliphatic carbocycles. The average Bonchev–Trinajstić information content (AvgIpc) is 3.17. The molecule has 28 heavy (non-hydrogen) atoms. The average molecular weight is 385 g/mol. The first-order valence-corrected chi connectivity index (χ1v) is 9.43. The molecule has 0 aliphatic rings. The number of carbonyl (C=O) groups is 3. The van der Waals surface area contributed by atoms with E-state index in [-0.39, 0.29) is 24.4 Å². The van der Waals surface area contributed by atoms with Gasteiger partial charge in [0.15, 0.2) is 11.5 Å². The van der Waals surface area contributed by atoms with Gasteiger partial charge in [0.2, 0.25) is 5.91 Å². The molecule has 150 valence electrons. The highest BCUT2D eigenvalue weighted by molar-refractivity contribution is 5.98. The minimum atomic E-state index is -0.538. The van der Waals surface area contributed by atoms with Gasteiger partial charge in [-0.3, -0.25) is 30.1 Å². The van der Waals surface area contributed by atoms with E-state index in [0.29, 0.717) is 17.9 Å². The van der Waals surface area contributed by atoms with E-state index in [0.717, 1.165) is 18.7 Å². The number of ketones is 1. The van der Waals surface area contributed by atoms with Crippen molar-refractivity contribution in [2.45, 2.75) is 40.2 Å². The normalized spacial score (nSPS) is 10.7. The first-order valence-electron chi connectivity index (χ1n) is 9.43. The van der Waals surface area contributed by atoms with E-state index in [2.05, 4.69) is 29.6 Å². The van der Waals surface area contributed by atoms with Crippen LogP contribution < -0.4 is 10.9 Å². The number of amides is 2. The summed E-state index contributed by atoms with van der Waals surface area (Å²) in [5, 5.41) is 0. The molecule has 0 radical (unpaired) electrons. The van der Waals surface area contributed by atoms with Gasteiger partial charge in [0.25, 0.3) is 0 Å². The van der Waals surface area contributed by atoms with Crippen molar-refractivity contribution in [3.63, 3.8) is 0 Å². The molecule has 0 atom stereocenters. The lowest BCUT2D eigenvalue weighted by atomic mass is 10.1. The number of benzene rings is 1. The standard InChI is InChI=1S/C21H27N3O4/c1-4-24(5-2)14-17-10-12-19(28-17)21(27)23-22-20(26)13-11-18(25)16-8-6-15(3)7-9-16/h6-10,12H,4-5,11,13-14H2,1-3H3,(H,22,26)(H,23,27). The molecule has 1 aromatic carbocycles. The molecule has 2 aromatic rings. The number of hydrazine groups is 1. The van der Waals surface area contributed by atoms with Crippen molar-refractivity contribution in [3.05, 3.63) is 59.0 Å². The van der Waals surface area contributed by atoms with Crippen LogP contribution in [0.5, 0.6) is 0 Å². The molecule has 1 heterocycles. The van der Waals surface area contributed by atoms with Gasteiger partial charge < -0.3 is 4.42 Å². The van der Waals surface area contributed by atoms with Crippen LogP contribution in [0.15, 0.2) is 40.8 Å².